The van der Waals surface area contributed by atoms with Crippen LogP contribution in [0.1, 0.15) is 30.9 Å². The number of piperazine rings is 1. The van der Waals surface area contributed by atoms with E-state index >= 15 is 0 Å². The Morgan fingerprint density at radius 2 is 1.88 bits per heavy atom. The smallest absolute Gasteiger partial charge is 0.237 e. The van der Waals surface area contributed by atoms with Gasteiger partial charge in [0.25, 0.3) is 0 Å². The van der Waals surface area contributed by atoms with E-state index in [9.17, 15) is 14.0 Å². The first-order valence-corrected chi connectivity index (χ1v) is 11.5. The van der Waals surface area contributed by atoms with Crippen LogP contribution in [0.4, 0.5) is 4.39 Å². The Labute approximate surface area is 194 Å². The van der Waals surface area contributed by atoms with Gasteiger partial charge in [0.2, 0.25) is 11.8 Å². The molecule has 174 valence electrons. The number of ether oxygens (including phenoxy) is 1. The Balaban J connectivity index is 1.37. The molecule has 4 rings (SSSR count). The molecule has 1 saturated heterocycles. The third kappa shape index (κ3) is 5.79. The first-order chi connectivity index (χ1) is 16.0. The van der Waals surface area contributed by atoms with Crippen LogP contribution in [0.25, 0.3) is 5.57 Å². The van der Waals surface area contributed by atoms with E-state index in [2.05, 4.69) is 10.2 Å². The van der Waals surface area contributed by atoms with Crippen LogP contribution in [0.2, 0.25) is 0 Å². The minimum atomic E-state index is -0.486. The summed E-state index contributed by atoms with van der Waals surface area (Å²) in [5.41, 5.74) is 3.18. The van der Waals surface area contributed by atoms with Crippen LogP contribution in [0.5, 0.6) is 5.75 Å². The predicted octanol–water partition coefficient (Wildman–Crippen LogP) is 3.23. The molecular formula is C26H30FN3O3. The van der Waals surface area contributed by atoms with E-state index in [0.29, 0.717) is 45.8 Å². The van der Waals surface area contributed by atoms with E-state index in [1.807, 2.05) is 37.3 Å². The fraction of sp³-hybridized carbons (Fsp3) is 0.385. The molecule has 1 unspecified atom stereocenters. The Hall–Kier alpha value is -3.19. The molecule has 1 fully saturated rings. The fourth-order valence-electron chi connectivity index (χ4n) is 4.38. The molecule has 6 nitrogen and oxygen atoms in total. The topological polar surface area (TPSA) is 61.9 Å². The highest BCUT2D eigenvalue weighted by molar-refractivity contribution is 5.89. The third-order valence-corrected chi connectivity index (χ3v) is 6.21. The van der Waals surface area contributed by atoms with Gasteiger partial charge >= 0.3 is 0 Å². The number of halogens is 1. The molecule has 0 aliphatic carbocycles. The zero-order valence-electron chi connectivity index (χ0n) is 18.9. The number of nitrogens with zero attached hydrogens (tertiary/aromatic N) is 2. The van der Waals surface area contributed by atoms with Gasteiger partial charge in [-0.1, -0.05) is 30.3 Å². The Morgan fingerprint density at radius 1 is 1.12 bits per heavy atom. The number of hydrogen-bond acceptors (Lipinski definition) is 4. The first kappa shape index (κ1) is 23.0. The maximum Gasteiger partial charge on any atom is 0.237 e. The van der Waals surface area contributed by atoms with Crippen molar-refractivity contribution in [1.29, 1.82) is 0 Å². The van der Waals surface area contributed by atoms with Gasteiger partial charge in [-0.25, -0.2) is 4.39 Å². The summed E-state index contributed by atoms with van der Waals surface area (Å²) in [5.74, 6) is 0.443. The second kappa shape index (κ2) is 10.6. The number of hydrogen-bond donors (Lipinski definition) is 1. The monoisotopic (exact) mass is 451 g/mol. The van der Waals surface area contributed by atoms with Gasteiger partial charge in [0, 0.05) is 32.7 Å². The summed E-state index contributed by atoms with van der Waals surface area (Å²) < 4.78 is 18.7. The first-order valence-electron chi connectivity index (χ1n) is 11.5. The summed E-state index contributed by atoms with van der Waals surface area (Å²) in [7, 11) is 0. The molecule has 0 aromatic heterocycles. The lowest BCUT2D eigenvalue weighted by Gasteiger charge is -2.36. The summed E-state index contributed by atoms with van der Waals surface area (Å²) in [6.07, 6.45) is 2.89. The predicted molar refractivity (Wildman–Crippen MR) is 125 cm³/mol. The lowest BCUT2D eigenvalue weighted by molar-refractivity contribution is -0.138. The molecule has 33 heavy (non-hydrogen) atoms. The maximum absolute atomic E-state index is 13.2. The number of rotatable bonds is 7. The second-order valence-electron chi connectivity index (χ2n) is 8.38. The second-order valence-corrected chi connectivity index (χ2v) is 8.38. The summed E-state index contributed by atoms with van der Waals surface area (Å²) in [6, 6.07) is 13.8. The minimum Gasteiger partial charge on any atom is -0.494 e. The van der Waals surface area contributed by atoms with Crippen LogP contribution < -0.4 is 10.1 Å². The Kier molecular flexibility index (Phi) is 7.40. The molecule has 2 aliphatic heterocycles. The van der Waals surface area contributed by atoms with Gasteiger partial charge < -0.3 is 15.0 Å². The zero-order chi connectivity index (χ0) is 23.2. The van der Waals surface area contributed by atoms with Crippen LogP contribution in [-0.2, 0) is 16.1 Å². The highest BCUT2D eigenvalue weighted by atomic mass is 19.1. The van der Waals surface area contributed by atoms with Gasteiger partial charge in [-0.15, -0.1) is 0 Å². The van der Waals surface area contributed by atoms with Crippen LogP contribution in [0, 0.1) is 5.82 Å². The van der Waals surface area contributed by atoms with Crippen molar-refractivity contribution in [2.75, 3.05) is 32.8 Å². The molecule has 0 saturated carbocycles. The van der Waals surface area contributed by atoms with Gasteiger partial charge in [-0.05, 0) is 54.3 Å². The minimum absolute atomic E-state index is 0.0249. The van der Waals surface area contributed by atoms with Crippen molar-refractivity contribution < 1.29 is 18.7 Å². The Morgan fingerprint density at radius 3 is 2.55 bits per heavy atom. The lowest BCUT2D eigenvalue weighted by Crippen LogP contribution is -2.56. The molecule has 2 amide bonds. The van der Waals surface area contributed by atoms with Crippen LogP contribution >= 0.6 is 0 Å². The number of carbonyl (C=O) groups is 2. The zero-order valence-corrected chi connectivity index (χ0v) is 18.9. The molecule has 2 aromatic rings. The van der Waals surface area contributed by atoms with Crippen molar-refractivity contribution in [1.82, 2.24) is 15.1 Å². The van der Waals surface area contributed by atoms with Gasteiger partial charge in [0.1, 0.15) is 11.6 Å². The number of benzene rings is 2. The van der Waals surface area contributed by atoms with Gasteiger partial charge in [-0.2, -0.15) is 0 Å². The van der Waals surface area contributed by atoms with Crippen LogP contribution in [-0.4, -0.2) is 60.4 Å². The molecule has 1 atom stereocenters. The van der Waals surface area contributed by atoms with Crippen molar-refractivity contribution in [2.24, 2.45) is 0 Å². The summed E-state index contributed by atoms with van der Waals surface area (Å²) in [6.45, 7) is 5.54. The molecule has 2 aromatic carbocycles. The highest BCUT2D eigenvalue weighted by Gasteiger charge is 2.33. The van der Waals surface area contributed by atoms with Crippen molar-refractivity contribution in [3.63, 3.8) is 0 Å². The van der Waals surface area contributed by atoms with Crippen LogP contribution in [0.3, 0.4) is 0 Å². The molecule has 0 bridgehead atoms. The van der Waals surface area contributed by atoms with E-state index in [-0.39, 0.29) is 24.1 Å². The van der Waals surface area contributed by atoms with Gasteiger partial charge in [0.05, 0.1) is 19.1 Å². The van der Waals surface area contributed by atoms with Crippen molar-refractivity contribution in [3.8, 4) is 5.75 Å². The van der Waals surface area contributed by atoms with Gasteiger partial charge in [0.15, 0.2) is 0 Å². The molecule has 0 spiro atoms. The van der Waals surface area contributed by atoms with E-state index in [4.69, 9.17) is 4.74 Å². The molecule has 2 aliphatic rings. The van der Waals surface area contributed by atoms with E-state index in [0.717, 1.165) is 22.4 Å². The summed E-state index contributed by atoms with van der Waals surface area (Å²) in [4.78, 5) is 29.5. The largest absolute Gasteiger partial charge is 0.494 e. The van der Waals surface area contributed by atoms with Crippen molar-refractivity contribution in [2.45, 2.75) is 32.4 Å². The van der Waals surface area contributed by atoms with E-state index in [1.165, 1.54) is 12.1 Å². The molecule has 7 heteroatoms. The van der Waals surface area contributed by atoms with E-state index in [1.54, 1.807) is 17.0 Å². The Bertz CT molecular complexity index is 1000. The molecule has 2 heterocycles. The standard InChI is InChI=1S/C26H30FN3O3/c1-2-33-23-9-3-19(4-10-23)18-30-16-13-28-26(32)24(30)17-25(31)29-14-11-21(12-15-29)20-5-7-22(27)8-6-20/h3-11,24H,2,12-18H2,1H3,(H,28,32). The fourth-order valence-corrected chi connectivity index (χ4v) is 4.38. The average Bonchev–Trinajstić information content (AvgIpc) is 2.83. The quantitative estimate of drug-likeness (QED) is 0.702. The average molecular weight is 452 g/mol. The normalized spacial score (nSPS) is 19.1. The van der Waals surface area contributed by atoms with Crippen molar-refractivity contribution in [3.05, 3.63) is 71.6 Å². The highest BCUT2D eigenvalue weighted by Crippen LogP contribution is 2.24. The van der Waals surface area contributed by atoms with Crippen molar-refractivity contribution >= 4 is 17.4 Å². The SMILES string of the molecule is CCOc1ccc(CN2CCNC(=O)C2CC(=O)N2CC=C(c3ccc(F)cc3)CC2)cc1. The number of carbonyl (C=O) groups excluding carboxylic acids is 2. The third-order valence-electron chi connectivity index (χ3n) is 6.21. The van der Waals surface area contributed by atoms with E-state index < -0.39 is 6.04 Å². The molecular weight excluding hydrogens is 421 g/mol. The van der Waals surface area contributed by atoms with Gasteiger partial charge in [-0.3, -0.25) is 14.5 Å². The molecule has 0 radical (unpaired) electrons. The molecule has 1 N–H and O–H groups in total. The summed E-state index contributed by atoms with van der Waals surface area (Å²) in [5, 5.41) is 2.90. The van der Waals surface area contributed by atoms with Crippen LogP contribution in [0.15, 0.2) is 54.6 Å². The lowest BCUT2D eigenvalue weighted by atomic mass is 9.99. The maximum atomic E-state index is 13.2. The number of nitrogens with one attached hydrogen (secondary N) is 1. The number of amides is 2. The summed E-state index contributed by atoms with van der Waals surface area (Å²) >= 11 is 0.